The number of carbonyl (C=O) groups excluding carboxylic acids is 1. The average molecular weight is 438 g/mol. The largest absolute Gasteiger partial charge is 0.475 e. The van der Waals surface area contributed by atoms with Gasteiger partial charge in [-0.3, -0.25) is 4.79 Å². The Morgan fingerprint density at radius 2 is 2.13 bits per heavy atom. The van der Waals surface area contributed by atoms with E-state index in [1.807, 2.05) is 19.1 Å². The van der Waals surface area contributed by atoms with E-state index in [1.165, 1.54) is 6.07 Å². The van der Waals surface area contributed by atoms with Gasteiger partial charge >= 0.3 is 6.18 Å². The summed E-state index contributed by atoms with van der Waals surface area (Å²) in [5.74, 6) is 1.20. The van der Waals surface area contributed by atoms with Crippen molar-refractivity contribution in [3.05, 3.63) is 40.7 Å². The maximum absolute atomic E-state index is 12.4. The van der Waals surface area contributed by atoms with Crippen molar-refractivity contribution >= 4 is 28.4 Å². The van der Waals surface area contributed by atoms with Crippen LogP contribution in [0.3, 0.4) is 0 Å². The van der Waals surface area contributed by atoms with Crippen LogP contribution in [0.15, 0.2) is 24.3 Å². The summed E-state index contributed by atoms with van der Waals surface area (Å²) in [5, 5.41) is 3.09. The first-order chi connectivity index (χ1) is 14.2. The number of ether oxygens (including phenoxy) is 1. The Hall–Kier alpha value is -2.62. The molecule has 1 amide bonds. The van der Waals surface area contributed by atoms with E-state index in [0.29, 0.717) is 12.1 Å². The second-order valence-electron chi connectivity index (χ2n) is 7.60. The van der Waals surface area contributed by atoms with Crippen LogP contribution in [-0.4, -0.2) is 33.6 Å². The van der Waals surface area contributed by atoms with Crippen molar-refractivity contribution in [2.24, 2.45) is 5.92 Å². The molecule has 0 bridgehead atoms. The van der Waals surface area contributed by atoms with Gasteiger partial charge < -0.3 is 15.0 Å². The lowest BCUT2D eigenvalue weighted by Gasteiger charge is -2.12. The number of alkyl halides is 3. The van der Waals surface area contributed by atoms with Gasteiger partial charge in [0.05, 0.1) is 11.6 Å². The molecule has 0 spiro atoms. The first-order valence-electron chi connectivity index (χ1n) is 9.60. The highest BCUT2D eigenvalue weighted by atomic mass is 32.1. The topological polar surface area (TPSA) is 79.9 Å². The molecule has 3 atom stereocenters. The molecule has 0 saturated heterocycles. The third kappa shape index (κ3) is 4.92. The van der Waals surface area contributed by atoms with E-state index in [2.05, 4.69) is 20.3 Å². The number of carbonyl (C=O) groups is 1. The van der Waals surface area contributed by atoms with Crippen molar-refractivity contribution in [2.45, 2.75) is 44.8 Å². The van der Waals surface area contributed by atoms with Crippen molar-refractivity contribution in [2.75, 3.05) is 6.61 Å². The quantitative estimate of drug-likeness (QED) is 0.563. The number of aryl methyl sites for hydroxylation is 1. The Morgan fingerprint density at radius 1 is 1.33 bits per heavy atom. The number of fused-ring (bicyclic) bond motifs is 1. The predicted octanol–water partition coefficient (Wildman–Crippen LogP) is 4.64. The number of hydrogen-bond donors (Lipinski definition) is 2. The van der Waals surface area contributed by atoms with Crippen molar-refractivity contribution in [1.29, 1.82) is 0 Å². The lowest BCUT2D eigenvalue weighted by Crippen LogP contribution is -2.26. The number of rotatable bonds is 7. The second kappa shape index (κ2) is 7.90. The minimum Gasteiger partial charge on any atom is -0.475 e. The summed E-state index contributed by atoms with van der Waals surface area (Å²) in [7, 11) is 0. The molecule has 6 nitrogen and oxygen atoms in total. The Kier molecular flexibility index (Phi) is 5.44. The zero-order valence-corrected chi connectivity index (χ0v) is 17.2. The minimum atomic E-state index is -4.38. The van der Waals surface area contributed by atoms with Gasteiger partial charge in [-0.05, 0) is 50.5 Å². The van der Waals surface area contributed by atoms with Crippen molar-refractivity contribution in [3.8, 4) is 5.06 Å². The number of nitrogens with one attached hydrogen (secondary N) is 2. The van der Waals surface area contributed by atoms with Crippen LogP contribution < -0.4 is 10.1 Å². The molecular weight excluding hydrogens is 417 g/mol. The SMILES string of the molecule is Cc1ccc2[nH]c([C@@H]3C[C@@H]3CC(=O)N[C@H](C)c3ccc(OCC(F)(F)F)s3)nc2n1. The van der Waals surface area contributed by atoms with Gasteiger partial charge in [-0.15, -0.1) is 11.3 Å². The molecule has 10 heteroatoms. The normalized spacial score (nSPS) is 19.6. The average Bonchev–Trinajstić information content (AvgIpc) is 3.08. The van der Waals surface area contributed by atoms with Crippen LogP contribution >= 0.6 is 11.3 Å². The number of hydrogen-bond acceptors (Lipinski definition) is 5. The first-order valence-corrected chi connectivity index (χ1v) is 10.4. The highest BCUT2D eigenvalue weighted by molar-refractivity contribution is 7.13. The molecule has 1 aliphatic rings. The van der Waals surface area contributed by atoms with Gasteiger partial charge in [-0.25, -0.2) is 9.97 Å². The molecule has 0 aliphatic heterocycles. The Balaban J connectivity index is 1.28. The summed E-state index contributed by atoms with van der Waals surface area (Å²) >= 11 is 1.10. The van der Waals surface area contributed by atoms with Gasteiger partial charge in [-0.1, -0.05) is 0 Å². The summed E-state index contributed by atoms with van der Waals surface area (Å²) in [6.07, 6.45) is -3.12. The van der Waals surface area contributed by atoms with E-state index < -0.39 is 12.8 Å². The number of nitrogens with zero attached hydrogens (tertiary/aromatic N) is 2. The lowest BCUT2D eigenvalue weighted by molar-refractivity contribution is -0.152. The molecule has 3 aromatic rings. The molecule has 0 radical (unpaired) electrons. The van der Waals surface area contributed by atoms with Crippen LogP contribution in [0, 0.1) is 12.8 Å². The van der Waals surface area contributed by atoms with Crippen molar-refractivity contribution in [1.82, 2.24) is 20.3 Å². The third-order valence-corrected chi connectivity index (χ3v) is 6.19. The second-order valence-corrected chi connectivity index (χ2v) is 8.68. The molecule has 1 fully saturated rings. The summed E-state index contributed by atoms with van der Waals surface area (Å²) in [6, 6.07) is 6.73. The van der Waals surface area contributed by atoms with E-state index in [0.717, 1.165) is 39.7 Å². The van der Waals surface area contributed by atoms with Gasteiger partial charge in [0.1, 0.15) is 5.82 Å². The first kappa shape index (κ1) is 20.6. The van der Waals surface area contributed by atoms with Crippen LogP contribution in [0.1, 0.15) is 48.1 Å². The molecule has 3 heterocycles. The summed E-state index contributed by atoms with van der Waals surface area (Å²) < 4.78 is 41.5. The number of aromatic nitrogens is 3. The number of pyridine rings is 1. The number of imidazole rings is 1. The summed E-state index contributed by atoms with van der Waals surface area (Å²) in [5.41, 5.74) is 2.48. The fourth-order valence-corrected chi connectivity index (χ4v) is 4.25. The van der Waals surface area contributed by atoms with Crippen LogP contribution in [-0.2, 0) is 4.79 Å². The van der Waals surface area contributed by atoms with E-state index in [1.54, 1.807) is 13.0 Å². The van der Waals surface area contributed by atoms with Crippen LogP contribution in [0.25, 0.3) is 11.2 Å². The molecule has 3 aromatic heterocycles. The molecule has 0 aromatic carbocycles. The molecule has 30 heavy (non-hydrogen) atoms. The summed E-state index contributed by atoms with van der Waals surface area (Å²) in [6.45, 7) is 2.39. The van der Waals surface area contributed by atoms with Gasteiger partial charge in [0.2, 0.25) is 5.91 Å². The van der Waals surface area contributed by atoms with Gasteiger partial charge in [0.15, 0.2) is 17.3 Å². The van der Waals surface area contributed by atoms with Crippen molar-refractivity contribution < 1.29 is 22.7 Å². The molecule has 0 unspecified atom stereocenters. The van der Waals surface area contributed by atoms with Crippen LogP contribution in [0.5, 0.6) is 5.06 Å². The smallest absolute Gasteiger partial charge is 0.422 e. The fourth-order valence-electron chi connectivity index (χ4n) is 3.40. The maximum atomic E-state index is 12.4. The predicted molar refractivity (Wildman–Crippen MR) is 107 cm³/mol. The molecule has 160 valence electrons. The molecule has 1 aliphatic carbocycles. The lowest BCUT2D eigenvalue weighted by atomic mass is 10.2. The number of thiophene rings is 1. The van der Waals surface area contributed by atoms with E-state index in [4.69, 9.17) is 4.74 Å². The fraction of sp³-hybridized carbons (Fsp3) is 0.450. The number of aromatic amines is 1. The number of H-pyrrole nitrogens is 1. The number of amides is 1. The zero-order chi connectivity index (χ0) is 21.5. The van der Waals surface area contributed by atoms with Crippen LogP contribution in [0.2, 0.25) is 0 Å². The highest BCUT2D eigenvalue weighted by Gasteiger charge is 2.42. The van der Waals surface area contributed by atoms with Gasteiger partial charge in [-0.2, -0.15) is 13.2 Å². The molecule has 4 rings (SSSR count). The minimum absolute atomic E-state index is 0.0914. The van der Waals surface area contributed by atoms with E-state index in [9.17, 15) is 18.0 Å². The summed E-state index contributed by atoms with van der Waals surface area (Å²) in [4.78, 5) is 25.4. The standard InChI is InChI=1S/C20H21F3N4O2S/c1-10-3-4-14-19(24-10)27-18(26-14)13-7-12(13)8-16(28)25-11(2)15-5-6-17(30-15)29-9-20(21,22)23/h3-6,11-13H,7-9H2,1-2H3,(H,25,28)(H,24,26,27)/t11-,12-,13-/m1/s1. The van der Waals surface area contributed by atoms with Gasteiger partial charge in [0, 0.05) is 22.9 Å². The number of halogens is 3. The highest BCUT2D eigenvalue weighted by Crippen LogP contribution is 2.48. The van der Waals surface area contributed by atoms with E-state index in [-0.39, 0.29) is 28.8 Å². The Bertz CT molecular complexity index is 1060. The van der Waals surface area contributed by atoms with E-state index >= 15 is 0 Å². The zero-order valence-electron chi connectivity index (χ0n) is 16.4. The molecule has 1 saturated carbocycles. The maximum Gasteiger partial charge on any atom is 0.422 e. The van der Waals surface area contributed by atoms with Crippen LogP contribution in [0.4, 0.5) is 13.2 Å². The van der Waals surface area contributed by atoms with Crippen molar-refractivity contribution in [3.63, 3.8) is 0 Å². The van der Waals surface area contributed by atoms with Gasteiger partial charge in [0.25, 0.3) is 0 Å². The molecule has 2 N–H and O–H groups in total. The monoisotopic (exact) mass is 438 g/mol. The third-order valence-electron chi connectivity index (χ3n) is 5.01. The Morgan fingerprint density at radius 3 is 2.90 bits per heavy atom. The molecular formula is C20H21F3N4O2S. The Labute approximate surface area is 174 Å².